The van der Waals surface area contributed by atoms with E-state index in [4.69, 9.17) is 0 Å². The second-order valence-corrected chi connectivity index (χ2v) is 6.57. The summed E-state index contributed by atoms with van der Waals surface area (Å²) >= 11 is 0. The van der Waals surface area contributed by atoms with Gasteiger partial charge in [0.2, 0.25) is 0 Å². The van der Waals surface area contributed by atoms with Crippen LogP contribution in [0.3, 0.4) is 0 Å². The number of carbonyl (C=O) groups excluding carboxylic acids is 2. The van der Waals surface area contributed by atoms with Crippen LogP contribution in [0.1, 0.15) is 52.2 Å². The second-order valence-electron chi connectivity index (χ2n) is 6.57. The minimum absolute atomic E-state index is 0.248. The molecule has 0 bridgehead atoms. The Morgan fingerprint density at radius 2 is 1.88 bits per heavy atom. The number of aryl methyl sites for hydroxylation is 1. The van der Waals surface area contributed by atoms with E-state index in [1.807, 2.05) is 32.0 Å². The molecule has 0 fully saturated rings. The summed E-state index contributed by atoms with van der Waals surface area (Å²) in [4.78, 5) is 28.7. The molecule has 1 aromatic heterocycles. The molecule has 2 amide bonds. The Hall–Kier alpha value is -2.69. The van der Waals surface area contributed by atoms with Crippen molar-refractivity contribution in [1.82, 2.24) is 10.3 Å². The molecule has 0 atom stereocenters. The molecular formula is C20H25N3O2. The Morgan fingerprint density at radius 1 is 1.12 bits per heavy atom. The highest BCUT2D eigenvalue weighted by Crippen LogP contribution is 2.19. The third-order valence-corrected chi connectivity index (χ3v) is 4.11. The van der Waals surface area contributed by atoms with Crippen molar-refractivity contribution in [3.05, 3.63) is 58.9 Å². The lowest BCUT2D eigenvalue weighted by Crippen LogP contribution is -2.26. The van der Waals surface area contributed by atoms with Crippen molar-refractivity contribution >= 4 is 17.5 Å². The minimum atomic E-state index is -0.262. The average Bonchev–Trinajstić information content (AvgIpc) is 2.58. The van der Waals surface area contributed by atoms with Gasteiger partial charge in [-0.2, -0.15) is 0 Å². The van der Waals surface area contributed by atoms with E-state index in [0.717, 1.165) is 23.2 Å². The molecule has 2 N–H and O–H groups in total. The Kier molecular flexibility index (Phi) is 6.28. The molecule has 1 aromatic carbocycles. The van der Waals surface area contributed by atoms with Crippen LogP contribution in [0.5, 0.6) is 0 Å². The van der Waals surface area contributed by atoms with Gasteiger partial charge in [-0.15, -0.1) is 0 Å². The highest BCUT2D eigenvalue weighted by atomic mass is 16.2. The summed E-state index contributed by atoms with van der Waals surface area (Å²) in [7, 11) is 0. The van der Waals surface area contributed by atoms with Gasteiger partial charge in [0, 0.05) is 24.0 Å². The van der Waals surface area contributed by atoms with Crippen LogP contribution < -0.4 is 10.6 Å². The standard InChI is InChI=1S/C20H25N3O2/c1-13(2)8-10-22-20(25)18-12-16(9-11-21-18)19(24)23-17-7-5-6-14(3)15(17)4/h5-7,9,11-13H,8,10H2,1-4H3,(H,22,25)(H,23,24). The van der Waals surface area contributed by atoms with E-state index in [0.29, 0.717) is 18.0 Å². The molecule has 5 heteroatoms. The molecule has 0 unspecified atom stereocenters. The number of hydrogen-bond acceptors (Lipinski definition) is 3. The molecule has 1 heterocycles. The molecule has 0 aliphatic carbocycles. The molecule has 5 nitrogen and oxygen atoms in total. The summed E-state index contributed by atoms with van der Waals surface area (Å²) in [6.45, 7) is 8.75. The summed E-state index contributed by atoms with van der Waals surface area (Å²) in [6.07, 6.45) is 2.38. The summed E-state index contributed by atoms with van der Waals surface area (Å²) in [5.41, 5.74) is 3.56. The van der Waals surface area contributed by atoms with E-state index in [-0.39, 0.29) is 17.5 Å². The molecule has 132 valence electrons. The number of benzene rings is 1. The van der Waals surface area contributed by atoms with Gasteiger partial charge < -0.3 is 10.6 Å². The fourth-order valence-corrected chi connectivity index (χ4v) is 2.34. The highest BCUT2D eigenvalue weighted by Gasteiger charge is 2.13. The van der Waals surface area contributed by atoms with Gasteiger partial charge in [0.15, 0.2) is 0 Å². The van der Waals surface area contributed by atoms with Crippen LogP contribution in [0.2, 0.25) is 0 Å². The first-order valence-corrected chi connectivity index (χ1v) is 8.50. The first kappa shape index (κ1) is 18.6. The van der Waals surface area contributed by atoms with Crippen LogP contribution in [0, 0.1) is 19.8 Å². The zero-order valence-electron chi connectivity index (χ0n) is 15.2. The summed E-state index contributed by atoms with van der Waals surface area (Å²) in [5.74, 6) is -0.00249. The van der Waals surface area contributed by atoms with Crippen molar-refractivity contribution < 1.29 is 9.59 Å². The average molecular weight is 339 g/mol. The summed E-state index contributed by atoms with van der Waals surface area (Å²) in [6, 6.07) is 8.88. The number of nitrogens with zero attached hydrogens (tertiary/aromatic N) is 1. The Morgan fingerprint density at radius 3 is 2.60 bits per heavy atom. The quantitative estimate of drug-likeness (QED) is 0.842. The fourth-order valence-electron chi connectivity index (χ4n) is 2.34. The van der Waals surface area contributed by atoms with E-state index in [9.17, 15) is 9.59 Å². The van der Waals surface area contributed by atoms with Gasteiger partial charge in [0.1, 0.15) is 5.69 Å². The van der Waals surface area contributed by atoms with Crippen molar-refractivity contribution in [1.29, 1.82) is 0 Å². The number of hydrogen-bond donors (Lipinski definition) is 2. The van der Waals surface area contributed by atoms with Crippen LogP contribution in [-0.2, 0) is 0 Å². The van der Waals surface area contributed by atoms with Gasteiger partial charge in [-0.25, -0.2) is 0 Å². The van der Waals surface area contributed by atoms with Gasteiger partial charge in [-0.1, -0.05) is 26.0 Å². The predicted octanol–water partition coefficient (Wildman–Crippen LogP) is 3.73. The summed E-state index contributed by atoms with van der Waals surface area (Å²) < 4.78 is 0. The normalized spacial score (nSPS) is 10.6. The summed E-state index contributed by atoms with van der Waals surface area (Å²) in [5, 5.41) is 5.72. The van der Waals surface area contributed by atoms with E-state index < -0.39 is 0 Å². The van der Waals surface area contributed by atoms with Gasteiger partial charge >= 0.3 is 0 Å². The molecule has 0 aliphatic rings. The number of nitrogens with one attached hydrogen (secondary N) is 2. The maximum Gasteiger partial charge on any atom is 0.269 e. The zero-order valence-corrected chi connectivity index (χ0v) is 15.2. The van der Waals surface area contributed by atoms with E-state index in [1.54, 1.807) is 6.07 Å². The van der Waals surface area contributed by atoms with Crippen LogP contribution in [-0.4, -0.2) is 23.3 Å². The topological polar surface area (TPSA) is 71.1 Å². The third-order valence-electron chi connectivity index (χ3n) is 4.11. The van der Waals surface area contributed by atoms with Crippen LogP contribution >= 0.6 is 0 Å². The number of anilines is 1. The van der Waals surface area contributed by atoms with Crippen LogP contribution in [0.25, 0.3) is 0 Å². The van der Waals surface area contributed by atoms with Crippen molar-refractivity contribution in [2.24, 2.45) is 5.92 Å². The zero-order chi connectivity index (χ0) is 18.4. The molecule has 0 saturated heterocycles. The highest BCUT2D eigenvalue weighted by molar-refractivity contribution is 6.06. The van der Waals surface area contributed by atoms with Crippen molar-refractivity contribution in [3.8, 4) is 0 Å². The van der Waals surface area contributed by atoms with Crippen molar-refractivity contribution in [3.63, 3.8) is 0 Å². The first-order chi connectivity index (χ1) is 11.9. The fraction of sp³-hybridized carbons (Fsp3) is 0.350. The molecular weight excluding hydrogens is 314 g/mol. The monoisotopic (exact) mass is 339 g/mol. The van der Waals surface area contributed by atoms with Crippen molar-refractivity contribution in [2.75, 3.05) is 11.9 Å². The third kappa shape index (κ3) is 5.14. The largest absolute Gasteiger partial charge is 0.351 e. The number of carbonyl (C=O) groups is 2. The molecule has 0 spiro atoms. The molecule has 2 rings (SSSR count). The number of amides is 2. The first-order valence-electron chi connectivity index (χ1n) is 8.50. The predicted molar refractivity (Wildman–Crippen MR) is 99.9 cm³/mol. The molecule has 25 heavy (non-hydrogen) atoms. The number of aromatic nitrogens is 1. The number of pyridine rings is 1. The van der Waals surface area contributed by atoms with Gasteiger partial charge in [0.05, 0.1) is 0 Å². The Bertz CT molecular complexity index is 769. The smallest absolute Gasteiger partial charge is 0.269 e. The van der Waals surface area contributed by atoms with E-state index in [2.05, 4.69) is 29.5 Å². The maximum absolute atomic E-state index is 12.5. The maximum atomic E-state index is 12.5. The van der Waals surface area contributed by atoms with Crippen LogP contribution in [0.4, 0.5) is 5.69 Å². The van der Waals surface area contributed by atoms with Gasteiger partial charge in [0.25, 0.3) is 11.8 Å². The molecule has 2 aromatic rings. The minimum Gasteiger partial charge on any atom is -0.351 e. The van der Waals surface area contributed by atoms with E-state index in [1.165, 1.54) is 12.3 Å². The van der Waals surface area contributed by atoms with Crippen LogP contribution in [0.15, 0.2) is 36.5 Å². The Balaban J connectivity index is 2.08. The SMILES string of the molecule is Cc1cccc(NC(=O)c2ccnc(C(=O)NCCC(C)C)c2)c1C. The lowest BCUT2D eigenvalue weighted by Gasteiger charge is -2.11. The Labute approximate surface area is 148 Å². The molecule has 0 saturated carbocycles. The second kappa shape index (κ2) is 8.42. The number of rotatable bonds is 6. The van der Waals surface area contributed by atoms with Gasteiger partial charge in [-0.3, -0.25) is 14.6 Å². The van der Waals surface area contributed by atoms with E-state index >= 15 is 0 Å². The lowest BCUT2D eigenvalue weighted by molar-refractivity contribution is 0.0947. The van der Waals surface area contributed by atoms with Gasteiger partial charge in [-0.05, 0) is 55.5 Å². The molecule has 0 radical (unpaired) electrons. The molecule has 0 aliphatic heterocycles. The lowest BCUT2D eigenvalue weighted by atomic mass is 10.1. The van der Waals surface area contributed by atoms with Crippen molar-refractivity contribution in [2.45, 2.75) is 34.1 Å².